The van der Waals surface area contributed by atoms with Gasteiger partial charge in [0.05, 0.1) is 0 Å². The summed E-state index contributed by atoms with van der Waals surface area (Å²) in [5, 5.41) is 0. The molecule has 0 radical (unpaired) electrons. The Morgan fingerprint density at radius 2 is 1.89 bits per heavy atom. The highest BCUT2D eigenvalue weighted by Gasteiger charge is 2.21. The number of aldehydes is 1. The van der Waals surface area contributed by atoms with Gasteiger partial charge in [0, 0.05) is 5.56 Å². The van der Waals surface area contributed by atoms with Crippen LogP contribution in [0.5, 0.6) is 0 Å². The van der Waals surface area contributed by atoms with E-state index in [-0.39, 0.29) is 0 Å². The number of benzene rings is 1. The van der Waals surface area contributed by atoms with Crippen molar-refractivity contribution in [3.8, 4) is 0 Å². The van der Waals surface area contributed by atoms with Crippen LogP contribution >= 0.6 is 0 Å². The van der Waals surface area contributed by atoms with E-state index in [0.717, 1.165) is 30.1 Å². The lowest BCUT2D eigenvalue weighted by Gasteiger charge is -2.28. The Hall–Kier alpha value is -1.11. The molecule has 0 unspecified atom stereocenters. The van der Waals surface area contributed by atoms with Crippen molar-refractivity contribution in [1.82, 2.24) is 0 Å². The third-order valence-electron chi connectivity index (χ3n) is 4.57. The number of rotatable bonds is 4. The number of hydrogen-bond acceptors (Lipinski definition) is 1. The van der Waals surface area contributed by atoms with Crippen molar-refractivity contribution < 1.29 is 4.79 Å². The molecule has 1 saturated carbocycles. The van der Waals surface area contributed by atoms with Crippen molar-refractivity contribution in [2.24, 2.45) is 5.92 Å². The molecular weight excluding hydrogens is 220 g/mol. The zero-order valence-corrected chi connectivity index (χ0v) is 11.6. The van der Waals surface area contributed by atoms with Gasteiger partial charge >= 0.3 is 0 Å². The summed E-state index contributed by atoms with van der Waals surface area (Å²) in [6, 6.07) is 6.44. The normalized spacial score (nSPS) is 23.9. The van der Waals surface area contributed by atoms with Crippen LogP contribution in [0, 0.1) is 5.92 Å². The van der Waals surface area contributed by atoms with Crippen molar-refractivity contribution in [2.75, 3.05) is 0 Å². The number of hydrogen-bond donors (Lipinski definition) is 0. The van der Waals surface area contributed by atoms with Crippen LogP contribution in [0.1, 0.15) is 73.4 Å². The number of carbonyl (C=O) groups excluding carboxylic acids is 1. The third kappa shape index (κ3) is 2.82. The molecular formula is C17H24O. The molecule has 0 heterocycles. The second kappa shape index (κ2) is 6.17. The van der Waals surface area contributed by atoms with Gasteiger partial charge < -0.3 is 0 Å². The fraction of sp³-hybridized carbons (Fsp3) is 0.588. The van der Waals surface area contributed by atoms with Crippen molar-refractivity contribution in [3.05, 3.63) is 34.9 Å². The Bertz CT molecular complexity index is 400. The Balaban J connectivity index is 2.12. The lowest BCUT2D eigenvalue weighted by molar-refractivity contribution is 0.112. The van der Waals surface area contributed by atoms with Gasteiger partial charge in [-0.3, -0.25) is 4.79 Å². The summed E-state index contributed by atoms with van der Waals surface area (Å²) in [5.74, 6) is 1.67. The molecule has 98 valence electrons. The van der Waals surface area contributed by atoms with Gasteiger partial charge in [0.25, 0.3) is 0 Å². The average molecular weight is 244 g/mol. The van der Waals surface area contributed by atoms with E-state index >= 15 is 0 Å². The van der Waals surface area contributed by atoms with E-state index in [0.29, 0.717) is 0 Å². The van der Waals surface area contributed by atoms with Gasteiger partial charge in [0.15, 0.2) is 0 Å². The van der Waals surface area contributed by atoms with E-state index < -0.39 is 0 Å². The van der Waals surface area contributed by atoms with E-state index in [4.69, 9.17) is 0 Å². The minimum absolute atomic E-state index is 0.721. The number of carbonyl (C=O) groups is 1. The smallest absolute Gasteiger partial charge is 0.150 e. The van der Waals surface area contributed by atoms with Crippen molar-refractivity contribution in [2.45, 2.75) is 58.3 Å². The SMILES string of the molecule is CCc1cc(C2CCC(CC)CC2)ccc1C=O. The van der Waals surface area contributed by atoms with Crippen LogP contribution in [0.4, 0.5) is 0 Å². The molecule has 0 bridgehead atoms. The molecule has 2 rings (SSSR count). The minimum Gasteiger partial charge on any atom is -0.298 e. The molecule has 0 amide bonds. The molecule has 0 N–H and O–H groups in total. The summed E-state index contributed by atoms with van der Waals surface area (Å²) in [7, 11) is 0. The fourth-order valence-corrected chi connectivity index (χ4v) is 3.20. The first-order valence-electron chi connectivity index (χ1n) is 7.36. The van der Waals surface area contributed by atoms with Gasteiger partial charge in [-0.15, -0.1) is 0 Å². The molecule has 0 spiro atoms. The van der Waals surface area contributed by atoms with Crippen molar-refractivity contribution in [1.29, 1.82) is 0 Å². The Morgan fingerprint density at radius 3 is 2.44 bits per heavy atom. The molecule has 0 aromatic heterocycles. The molecule has 18 heavy (non-hydrogen) atoms. The van der Waals surface area contributed by atoms with Crippen molar-refractivity contribution in [3.63, 3.8) is 0 Å². The van der Waals surface area contributed by atoms with Gasteiger partial charge in [-0.1, -0.05) is 38.5 Å². The number of aryl methyl sites for hydroxylation is 1. The Kier molecular flexibility index (Phi) is 4.57. The summed E-state index contributed by atoms with van der Waals surface area (Å²) in [6.07, 6.45) is 8.65. The third-order valence-corrected chi connectivity index (χ3v) is 4.57. The van der Waals surface area contributed by atoms with E-state index in [9.17, 15) is 4.79 Å². The maximum absolute atomic E-state index is 11.0. The molecule has 1 aliphatic carbocycles. The van der Waals surface area contributed by atoms with E-state index in [2.05, 4.69) is 26.0 Å². The second-order valence-electron chi connectivity index (χ2n) is 5.56. The Morgan fingerprint density at radius 1 is 1.17 bits per heavy atom. The summed E-state index contributed by atoms with van der Waals surface area (Å²) in [4.78, 5) is 11.0. The molecule has 1 aromatic rings. The standard InChI is InChI=1S/C17H24O/c1-3-13-5-7-15(8-6-13)16-9-10-17(12-18)14(4-2)11-16/h9-13,15H,3-8H2,1-2H3. The van der Waals surface area contributed by atoms with Gasteiger partial charge in [-0.25, -0.2) is 0 Å². The van der Waals surface area contributed by atoms with Gasteiger partial charge in [-0.05, 0) is 55.1 Å². The molecule has 0 atom stereocenters. The highest BCUT2D eigenvalue weighted by molar-refractivity contribution is 5.77. The summed E-state index contributed by atoms with van der Waals surface area (Å²) >= 11 is 0. The highest BCUT2D eigenvalue weighted by Crippen LogP contribution is 2.37. The zero-order chi connectivity index (χ0) is 13.0. The molecule has 1 aliphatic rings. The summed E-state index contributed by atoms with van der Waals surface area (Å²) in [5.41, 5.74) is 3.52. The molecule has 0 saturated heterocycles. The quantitative estimate of drug-likeness (QED) is 0.699. The predicted octanol–water partition coefficient (Wildman–Crippen LogP) is 4.75. The predicted molar refractivity (Wildman–Crippen MR) is 76.2 cm³/mol. The van der Waals surface area contributed by atoms with Gasteiger partial charge in [0.1, 0.15) is 6.29 Å². The van der Waals surface area contributed by atoms with Crippen LogP contribution in [0.15, 0.2) is 18.2 Å². The van der Waals surface area contributed by atoms with Crippen LogP contribution in [0.3, 0.4) is 0 Å². The first kappa shape index (κ1) is 13.3. The highest BCUT2D eigenvalue weighted by atomic mass is 16.1. The van der Waals surface area contributed by atoms with Gasteiger partial charge in [0.2, 0.25) is 0 Å². The molecule has 1 heteroatoms. The lowest BCUT2D eigenvalue weighted by atomic mass is 9.77. The first-order chi connectivity index (χ1) is 8.78. The van der Waals surface area contributed by atoms with Crippen LogP contribution in [-0.2, 0) is 6.42 Å². The molecule has 1 nitrogen and oxygen atoms in total. The Labute approximate surface area is 111 Å². The second-order valence-corrected chi connectivity index (χ2v) is 5.56. The van der Waals surface area contributed by atoms with Crippen LogP contribution in [0.25, 0.3) is 0 Å². The molecule has 0 aliphatic heterocycles. The summed E-state index contributed by atoms with van der Waals surface area (Å²) < 4.78 is 0. The topological polar surface area (TPSA) is 17.1 Å². The average Bonchev–Trinajstić information content (AvgIpc) is 2.46. The molecule has 1 fully saturated rings. The van der Waals surface area contributed by atoms with Crippen LogP contribution in [0.2, 0.25) is 0 Å². The molecule has 1 aromatic carbocycles. The maximum Gasteiger partial charge on any atom is 0.150 e. The minimum atomic E-state index is 0.721. The summed E-state index contributed by atoms with van der Waals surface area (Å²) in [6.45, 7) is 4.43. The van der Waals surface area contributed by atoms with E-state index in [1.54, 1.807) is 0 Å². The van der Waals surface area contributed by atoms with Gasteiger partial charge in [-0.2, -0.15) is 0 Å². The first-order valence-corrected chi connectivity index (χ1v) is 7.36. The zero-order valence-electron chi connectivity index (χ0n) is 11.6. The lowest BCUT2D eigenvalue weighted by Crippen LogP contribution is -2.13. The largest absolute Gasteiger partial charge is 0.298 e. The van der Waals surface area contributed by atoms with Crippen LogP contribution < -0.4 is 0 Å². The van der Waals surface area contributed by atoms with E-state index in [1.807, 2.05) is 6.07 Å². The van der Waals surface area contributed by atoms with E-state index in [1.165, 1.54) is 43.2 Å². The van der Waals surface area contributed by atoms with Crippen LogP contribution in [-0.4, -0.2) is 6.29 Å². The van der Waals surface area contributed by atoms with Crippen molar-refractivity contribution >= 4 is 6.29 Å². The monoisotopic (exact) mass is 244 g/mol. The maximum atomic E-state index is 11.0. The fourth-order valence-electron chi connectivity index (χ4n) is 3.20.